The highest BCUT2D eigenvalue weighted by Crippen LogP contribution is 2.38. The van der Waals surface area contributed by atoms with Gasteiger partial charge in [0.15, 0.2) is 0 Å². The van der Waals surface area contributed by atoms with Gasteiger partial charge in [-0.1, -0.05) is 29.8 Å². The molecule has 2 heteroatoms. The molecule has 1 aliphatic rings. The van der Waals surface area contributed by atoms with Crippen LogP contribution in [-0.2, 0) is 4.79 Å². The molecule has 0 aromatic carbocycles. The van der Waals surface area contributed by atoms with E-state index in [4.69, 9.17) is 0 Å². The molecule has 0 atom stereocenters. The Morgan fingerprint density at radius 1 is 1.42 bits per heavy atom. The zero-order valence-electron chi connectivity index (χ0n) is 7.90. The molecule has 0 saturated heterocycles. The van der Waals surface area contributed by atoms with Crippen LogP contribution >= 0.6 is 15.9 Å². The van der Waals surface area contributed by atoms with Crippen molar-refractivity contribution in [3.05, 3.63) is 0 Å². The average molecular weight is 233 g/mol. The van der Waals surface area contributed by atoms with E-state index in [0.717, 1.165) is 36.9 Å². The highest BCUT2D eigenvalue weighted by Gasteiger charge is 2.31. The summed E-state index contributed by atoms with van der Waals surface area (Å²) in [6.07, 6.45) is 3.80. The second-order valence-electron chi connectivity index (χ2n) is 4.44. The van der Waals surface area contributed by atoms with Crippen molar-refractivity contribution >= 4 is 21.7 Å². The standard InChI is InChI=1S/C10H17BrO/c1-10(2,7-11)8-3-5-9(12)6-4-8/h8H,3-7H2,1-2H3. The molecule has 70 valence electrons. The zero-order valence-corrected chi connectivity index (χ0v) is 9.49. The summed E-state index contributed by atoms with van der Waals surface area (Å²) in [5.74, 6) is 1.19. The molecular formula is C10H17BrO. The van der Waals surface area contributed by atoms with Gasteiger partial charge in [-0.25, -0.2) is 0 Å². The number of carbonyl (C=O) groups is 1. The maximum atomic E-state index is 11.0. The number of halogens is 1. The highest BCUT2D eigenvalue weighted by molar-refractivity contribution is 9.09. The van der Waals surface area contributed by atoms with Crippen molar-refractivity contribution in [3.8, 4) is 0 Å². The number of ketones is 1. The molecule has 0 aromatic heterocycles. The van der Waals surface area contributed by atoms with Crippen LogP contribution < -0.4 is 0 Å². The lowest BCUT2D eigenvalue weighted by atomic mass is 9.72. The van der Waals surface area contributed by atoms with E-state index in [1.807, 2.05) is 0 Å². The van der Waals surface area contributed by atoms with Crippen LogP contribution in [0.5, 0.6) is 0 Å². The smallest absolute Gasteiger partial charge is 0.132 e. The van der Waals surface area contributed by atoms with Crippen molar-refractivity contribution in [1.29, 1.82) is 0 Å². The van der Waals surface area contributed by atoms with Gasteiger partial charge in [0.05, 0.1) is 0 Å². The molecule has 0 aromatic rings. The number of hydrogen-bond donors (Lipinski definition) is 0. The molecule has 0 radical (unpaired) electrons. The van der Waals surface area contributed by atoms with Crippen molar-refractivity contribution in [2.24, 2.45) is 11.3 Å². The van der Waals surface area contributed by atoms with Crippen molar-refractivity contribution in [2.45, 2.75) is 39.5 Å². The monoisotopic (exact) mass is 232 g/mol. The van der Waals surface area contributed by atoms with E-state index in [9.17, 15) is 4.79 Å². The van der Waals surface area contributed by atoms with E-state index in [0.29, 0.717) is 11.2 Å². The maximum Gasteiger partial charge on any atom is 0.132 e. The van der Waals surface area contributed by atoms with Crippen LogP contribution in [0.3, 0.4) is 0 Å². The minimum Gasteiger partial charge on any atom is -0.300 e. The summed E-state index contributed by atoms with van der Waals surface area (Å²) >= 11 is 3.54. The van der Waals surface area contributed by atoms with Gasteiger partial charge in [0.1, 0.15) is 5.78 Å². The molecule has 1 aliphatic carbocycles. The molecule has 1 rings (SSSR count). The van der Waals surface area contributed by atoms with Crippen LogP contribution in [0.25, 0.3) is 0 Å². The number of Topliss-reactive ketones (excluding diaryl/α,β-unsaturated/α-hetero) is 1. The third-order valence-electron chi connectivity index (χ3n) is 2.99. The van der Waals surface area contributed by atoms with Crippen molar-refractivity contribution in [2.75, 3.05) is 5.33 Å². The average Bonchev–Trinajstić information content (AvgIpc) is 2.05. The van der Waals surface area contributed by atoms with Gasteiger partial charge >= 0.3 is 0 Å². The van der Waals surface area contributed by atoms with E-state index in [-0.39, 0.29) is 0 Å². The molecule has 0 spiro atoms. The Bertz CT molecular complexity index is 165. The Kier molecular flexibility index (Phi) is 3.33. The van der Waals surface area contributed by atoms with Gasteiger partial charge in [0, 0.05) is 18.2 Å². The van der Waals surface area contributed by atoms with Crippen molar-refractivity contribution < 1.29 is 4.79 Å². The summed E-state index contributed by atoms with van der Waals surface area (Å²) in [5, 5.41) is 1.04. The first-order valence-corrected chi connectivity index (χ1v) is 5.76. The summed E-state index contributed by atoms with van der Waals surface area (Å²) in [6, 6.07) is 0. The molecule has 0 amide bonds. The fourth-order valence-electron chi connectivity index (χ4n) is 1.83. The topological polar surface area (TPSA) is 17.1 Å². The van der Waals surface area contributed by atoms with Gasteiger partial charge in [-0.15, -0.1) is 0 Å². The third-order valence-corrected chi connectivity index (χ3v) is 4.44. The number of hydrogen-bond acceptors (Lipinski definition) is 1. The van der Waals surface area contributed by atoms with Gasteiger partial charge in [-0.05, 0) is 24.2 Å². The van der Waals surface area contributed by atoms with E-state index in [1.54, 1.807) is 0 Å². The number of carbonyl (C=O) groups excluding carboxylic acids is 1. The van der Waals surface area contributed by atoms with Crippen LogP contribution in [0.1, 0.15) is 39.5 Å². The maximum absolute atomic E-state index is 11.0. The van der Waals surface area contributed by atoms with Gasteiger partial charge in [0.2, 0.25) is 0 Å². The quantitative estimate of drug-likeness (QED) is 0.669. The molecule has 1 nitrogen and oxygen atoms in total. The number of rotatable bonds is 2. The molecule has 1 saturated carbocycles. The predicted octanol–water partition coefficient (Wildman–Crippen LogP) is 3.17. The summed E-state index contributed by atoms with van der Waals surface area (Å²) in [4.78, 5) is 11.0. The summed E-state index contributed by atoms with van der Waals surface area (Å²) in [5.41, 5.74) is 0.362. The van der Waals surface area contributed by atoms with E-state index in [2.05, 4.69) is 29.8 Å². The largest absolute Gasteiger partial charge is 0.300 e. The fraction of sp³-hybridized carbons (Fsp3) is 0.900. The lowest BCUT2D eigenvalue weighted by molar-refractivity contribution is -0.121. The minimum absolute atomic E-state index is 0.362. The van der Waals surface area contributed by atoms with Gasteiger partial charge in [-0.3, -0.25) is 4.79 Å². The second-order valence-corrected chi connectivity index (χ2v) is 5.00. The van der Waals surface area contributed by atoms with Crippen LogP contribution in [-0.4, -0.2) is 11.1 Å². The first-order chi connectivity index (χ1) is 5.56. The Labute approximate surface area is 83.0 Å². The lowest BCUT2D eigenvalue weighted by Gasteiger charge is -2.35. The molecule has 12 heavy (non-hydrogen) atoms. The predicted molar refractivity (Wildman–Crippen MR) is 54.5 cm³/mol. The van der Waals surface area contributed by atoms with Crippen molar-refractivity contribution in [1.82, 2.24) is 0 Å². The van der Waals surface area contributed by atoms with Gasteiger partial charge in [-0.2, -0.15) is 0 Å². The normalized spacial score (nSPS) is 21.4. The summed E-state index contributed by atoms with van der Waals surface area (Å²) in [6.45, 7) is 4.56. The van der Waals surface area contributed by atoms with Crippen LogP contribution in [0, 0.1) is 11.3 Å². The molecule has 0 heterocycles. The minimum atomic E-state index is 0.362. The van der Waals surface area contributed by atoms with Gasteiger partial charge < -0.3 is 0 Å². The second kappa shape index (κ2) is 3.91. The lowest BCUT2D eigenvalue weighted by Crippen LogP contribution is -2.29. The van der Waals surface area contributed by atoms with Gasteiger partial charge in [0.25, 0.3) is 0 Å². The molecular weight excluding hydrogens is 216 g/mol. The molecule has 0 aliphatic heterocycles. The Balaban J connectivity index is 2.49. The SMILES string of the molecule is CC(C)(CBr)C1CCC(=O)CC1. The zero-order chi connectivity index (χ0) is 9.19. The van der Waals surface area contributed by atoms with Crippen molar-refractivity contribution in [3.63, 3.8) is 0 Å². The number of alkyl halides is 1. The Hall–Kier alpha value is 0.150. The molecule has 0 bridgehead atoms. The Morgan fingerprint density at radius 3 is 2.33 bits per heavy atom. The highest BCUT2D eigenvalue weighted by atomic mass is 79.9. The summed E-state index contributed by atoms with van der Waals surface area (Å²) < 4.78 is 0. The van der Waals surface area contributed by atoms with E-state index >= 15 is 0 Å². The Morgan fingerprint density at radius 2 is 1.92 bits per heavy atom. The third kappa shape index (κ3) is 2.32. The molecule has 0 unspecified atom stereocenters. The first-order valence-electron chi connectivity index (χ1n) is 4.64. The molecule has 0 N–H and O–H groups in total. The fourth-order valence-corrected chi connectivity index (χ4v) is 2.29. The first kappa shape index (κ1) is 10.2. The molecule has 1 fully saturated rings. The summed E-state index contributed by atoms with van der Waals surface area (Å²) in [7, 11) is 0. The van der Waals surface area contributed by atoms with Crippen LogP contribution in [0.4, 0.5) is 0 Å². The van der Waals surface area contributed by atoms with E-state index < -0.39 is 0 Å². The van der Waals surface area contributed by atoms with Crippen LogP contribution in [0.15, 0.2) is 0 Å². The van der Waals surface area contributed by atoms with Crippen LogP contribution in [0.2, 0.25) is 0 Å². The van der Waals surface area contributed by atoms with E-state index in [1.165, 1.54) is 0 Å².